The number of hydrogen-bond acceptors (Lipinski definition) is 6. The van der Waals surface area contributed by atoms with Gasteiger partial charge in [0.1, 0.15) is 0 Å². The van der Waals surface area contributed by atoms with Crippen LogP contribution in [0.3, 0.4) is 0 Å². The number of nitrogens with zero attached hydrogens (tertiary/aromatic N) is 2. The van der Waals surface area contributed by atoms with Gasteiger partial charge < -0.3 is 25.7 Å². The highest BCUT2D eigenvalue weighted by Gasteiger charge is 2.12. The third-order valence-corrected chi connectivity index (χ3v) is 2.63. The fourth-order valence-electron chi connectivity index (χ4n) is 1.38. The molecule has 0 fully saturated rings. The van der Waals surface area contributed by atoms with Gasteiger partial charge in [-0.1, -0.05) is 11.6 Å². The molecule has 4 N–H and O–H groups in total. The number of methoxy groups -OCH3 is 1. The summed E-state index contributed by atoms with van der Waals surface area (Å²) in [5.41, 5.74) is 10.9. The zero-order chi connectivity index (χ0) is 16.5. The number of carbonyl (C=O) groups excluding carboxylic acids is 1. The number of rotatable bonds is 7. The Morgan fingerprint density at radius 3 is 2.59 bits per heavy atom. The van der Waals surface area contributed by atoms with E-state index in [1.807, 2.05) is 6.92 Å². The molecular formula is C13H17ClN4O4. The molecule has 8 nitrogen and oxygen atoms in total. The first-order valence-electron chi connectivity index (χ1n) is 6.25. The molecule has 0 saturated heterocycles. The minimum atomic E-state index is -0.517. The number of guanidine groups is 1. The van der Waals surface area contributed by atoms with Crippen LogP contribution in [0.2, 0.25) is 5.02 Å². The summed E-state index contributed by atoms with van der Waals surface area (Å²) >= 11 is 6.11. The maximum atomic E-state index is 11.1. The molecule has 1 aromatic rings. The van der Waals surface area contributed by atoms with Crippen LogP contribution in [0.4, 0.5) is 0 Å². The first-order chi connectivity index (χ1) is 10.5. The summed E-state index contributed by atoms with van der Waals surface area (Å²) in [6.07, 6.45) is 1.37. The van der Waals surface area contributed by atoms with Crippen LogP contribution in [0.1, 0.15) is 12.5 Å². The highest BCUT2D eigenvalue weighted by atomic mass is 35.5. The van der Waals surface area contributed by atoms with Gasteiger partial charge in [-0.05, 0) is 13.0 Å². The molecule has 120 valence electrons. The van der Waals surface area contributed by atoms with Crippen molar-refractivity contribution in [2.24, 2.45) is 21.7 Å². The highest BCUT2D eigenvalue weighted by molar-refractivity contribution is 6.33. The van der Waals surface area contributed by atoms with Gasteiger partial charge in [-0.2, -0.15) is 5.10 Å². The molecule has 9 heteroatoms. The molecule has 0 aliphatic heterocycles. The molecule has 0 radical (unpaired) electrons. The molecule has 1 rings (SSSR count). The Bertz CT molecular complexity index is 586. The monoisotopic (exact) mass is 328 g/mol. The largest absolute Gasteiger partial charge is 0.490 e. The van der Waals surface area contributed by atoms with Gasteiger partial charge in [0.15, 0.2) is 18.1 Å². The van der Waals surface area contributed by atoms with Crippen molar-refractivity contribution in [3.63, 3.8) is 0 Å². The zero-order valence-electron chi connectivity index (χ0n) is 12.2. The highest BCUT2D eigenvalue weighted by Crippen LogP contribution is 2.33. The second-order valence-electron chi connectivity index (χ2n) is 3.89. The molecule has 22 heavy (non-hydrogen) atoms. The van der Waals surface area contributed by atoms with E-state index in [1.165, 1.54) is 19.4 Å². The summed E-state index contributed by atoms with van der Waals surface area (Å²) < 4.78 is 15.3. The Kier molecular flexibility index (Phi) is 6.97. The molecule has 0 amide bonds. The van der Waals surface area contributed by atoms with Crippen LogP contribution < -0.4 is 20.9 Å². The van der Waals surface area contributed by atoms with Crippen molar-refractivity contribution < 1.29 is 19.0 Å². The maximum Gasteiger partial charge on any atom is 0.343 e. The van der Waals surface area contributed by atoms with Gasteiger partial charge in [-0.15, -0.1) is 5.10 Å². The molecule has 0 atom stereocenters. The van der Waals surface area contributed by atoms with Gasteiger partial charge in [0, 0.05) is 11.6 Å². The fourth-order valence-corrected chi connectivity index (χ4v) is 1.59. The predicted octanol–water partition coefficient (Wildman–Crippen LogP) is 0.898. The zero-order valence-corrected chi connectivity index (χ0v) is 13.0. The summed E-state index contributed by atoms with van der Waals surface area (Å²) in [4.78, 5) is 11.1. The van der Waals surface area contributed by atoms with Gasteiger partial charge in [-0.25, -0.2) is 4.79 Å². The van der Waals surface area contributed by atoms with Crippen LogP contribution in [0.5, 0.6) is 11.5 Å². The van der Waals surface area contributed by atoms with Crippen molar-refractivity contribution in [1.29, 1.82) is 0 Å². The smallest absolute Gasteiger partial charge is 0.343 e. The molecule has 0 unspecified atom stereocenters. The normalized spacial score (nSPS) is 10.3. The third kappa shape index (κ3) is 5.49. The lowest BCUT2D eigenvalue weighted by atomic mass is 10.2. The fraction of sp³-hybridized carbons (Fsp3) is 0.308. The van der Waals surface area contributed by atoms with E-state index in [9.17, 15) is 4.79 Å². The Balaban J connectivity index is 3.03. The Hall–Kier alpha value is -2.48. The summed E-state index contributed by atoms with van der Waals surface area (Å²) in [5, 5.41) is 7.49. The van der Waals surface area contributed by atoms with Crippen LogP contribution in [-0.4, -0.2) is 38.5 Å². The van der Waals surface area contributed by atoms with Crippen molar-refractivity contribution in [3.8, 4) is 11.5 Å². The molecular weight excluding hydrogens is 312 g/mol. The topological polar surface area (TPSA) is 122 Å². The van der Waals surface area contributed by atoms with E-state index < -0.39 is 5.97 Å². The molecule has 1 aromatic carbocycles. The Morgan fingerprint density at radius 2 is 2.00 bits per heavy atom. The van der Waals surface area contributed by atoms with Crippen LogP contribution in [0.25, 0.3) is 0 Å². The number of carbonyl (C=O) groups is 1. The maximum absolute atomic E-state index is 11.1. The minimum absolute atomic E-state index is 0.171. The summed E-state index contributed by atoms with van der Waals surface area (Å²) in [6, 6.07) is 3.11. The van der Waals surface area contributed by atoms with Gasteiger partial charge in [0.2, 0.25) is 5.96 Å². The van der Waals surface area contributed by atoms with Crippen molar-refractivity contribution in [1.82, 2.24) is 0 Å². The third-order valence-electron chi connectivity index (χ3n) is 2.31. The van der Waals surface area contributed by atoms with Crippen molar-refractivity contribution in [2.45, 2.75) is 6.92 Å². The Labute approximate surface area is 132 Å². The first-order valence-corrected chi connectivity index (χ1v) is 6.63. The van der Waals surface area contributed by atoms with Crippen molar-refractivity contribution in [3.05, 3.63) is 22.7 Å². The average molecular weight is 329 g/mol. The summed E-state index contributed by atoms with van der Waals surface area (Å²) in [6.45, 7) is 1.96. The minimum Gasteiger partial charge on any atom is -0.490 e. The van der Waals surface area contributed by atoms with E-state index in [1.54, 1.807) is 6.07 Å². The van der Waals surface area contributed by atoms with Crippen molar-refractivity contribution in [2.75, 3.05) is 20.3 Å². The number of esters is 1. The standard InChI is InChI=1S/C13H17ClN4O4/c1-3-21-10-4-8(6-17-18-13(15)16)9(14)5-11(10)22-7-12(19)20-2/h4-6H,3,7H2,1-2H3,(H4,15,16,18). The van der Waals surface area contributed by atoms with E-state index in [0.717, 1.165) is 0 Å². The molecule has 0 aliphatic carbocycles. The quantitative estimate of drug-likeness (QED) is 0.332. The summed E-state index contributed by atoms with van der Waals surface area (Å²) in [5.74, 6) is 0.0330. The second kappa shape index (κ2) is 8.73. The molecule has 0 aliphatic rings. The van der Waals surface area contributed by atoms with Crippen LogP contribution in [-0.2, 0) is 9.53 Å². The van der Waals surface area contributed by atoms with Crippen LogP contribution >= 0.6 is 11.6 Å². The number of benzene rings is 1. The number of hydrogen-bond donors (Lipinski definition) is 2. The van der Waals surface area contributed by atoms with E-state index in [2.05, 4.69) is 14.9 Å². The first kappa shape index (κ1) is 17.6. The lowest BCUT2D eigenvalue weighted by Gasteiger charge is -2.12. The molecule has 0 spiro atoms. The van der Waals surface area contributed by atoms with Gasteiger partial charge in [0.05, 0.1) is 25.0 Å². The predicted molar refractivity (Wildman–Crippen MR) is 83.5 cm³/mol. The molecule has 0 saturated carbocycles. The van der Waals surface area contributed by atoms with E-state index in [-0.39, 0.29) is 12.6 Å². The van der Waals surface area contributed by atoms with E-state index in [4.69, 9.17) is 32.5 Å². The second-order valence-corrected chi connectivity index (χ2v) is 4.29. The van der Waals surface area contributed by atoms with E-state index in [0.29, 0.717) is 28.7 Å². The lowest BCUT2D eigenvalue weighted by Crippen LogP contribution is -2.21. The summed E-state index contributed by atoms with van der Waals surface area (Å²) in [7, 11) is 1.27. The van der Waals surface area contributed by atoms with Gasteiger partial charge in [0.25, 0.3) is 0 Å². The molecule has 0 aromatic heterocycles. The van der Waals surface area contributed by atoms with Gasteiger partial charge in [-0.3, -0.25) is 0 Å². The average Bonchev–Trinajstić information content (AvgIpc) is 2.48. The number of nitrogens with two attached hydrogens (primary N) is 2. The number of halogens is 1. The molecule has 0 bridgehead atoms. The van der Waals surface area contributed by atoms with Crippen LogP contribution in [0, 0.1) is 0 Å². The molecule has 0 heterocycles. The van der Waals surface area contributed by atoms with E-state index >= 15 is 0 Å². The van der Waals surface area contributed by atoms with Crippen LogP contribution in [0.15, 0.2) is 22.3 Å². The Morgan fingerprint density at radius 1 is 1.32 bits per heavy atom. The van der Waals surface area contributed by atoms with Crippen molar-refractivity contribution >= 4 is 29.7 Å². The lowest BCUT2D eigenvalue weighted by molar-refractivity contribution is -0.142. The SMILES string of the molecule is CCOc1cc(C=NN=C(N)N)c(Cl)cc1OCC(=O)OC. The van der Waals surface area contributed by atoms with Gasteiger partial charge >= 0.3 is 5.97 Å². The number of ether oxygens (including phenoxy) is 3.